The molecule has 1 heterocycles. The number of aliphatic carboxylic acids is 1. The number of benzene rings is 1. The summed E-state index contributed by atoms with van der Waals surface area (Å²) in [5, 5.41) is 12.7. The molecule has 0 amide bonds. The smallest absolute Gasteiger partial charge is 0.341 e. The van der Waals surface area contributed by atoms with Gasteiger partial charge in [-0.15, -0.1) is 5.10 Å². The van der Waals surface area contributed by atoms with Gasteiger partial charge in [0.15, 0.2) is 6.61 Å². The molecule has 1 aromatic heterocycles. The molecule has 1 aromatic carbocycles. The summed E-state index contributed by atoms with van der Waals surface area (Å²) in [5.41, 5.74) is 1.14. The van der Waals surface area contributed by atoms with Crippen LogP contribution in [-0.4, -0.2) is 43.0 Å². The maximum absolute atomic E-state index is 12.7. The Morgan fingerprint density at radius 2 is 2.04 bits per heavy atom. The molecule has 0 spiro atoms. The minimum atomic E-state index is -3.95. The van der Waals surface area contributed by atoms with Gasteiger partial charge >= 0.3 is 5.97 Å². The Bertz CT molecular complexity index is 904. The van der Waals surface area contributed by atoms with E-state index < -0.39 is 22.6 Å². The lowest BCUT2D eigenvalue weighted by molar-refractivity contribution is -0.139. The molecule has 0 radical (unpaired) electrons. The Hall–Kier alpha value is -2.75. The van der Waals surface area contributed by atoms with Gasteiger partial charge in [-0.05, 0) is 25.5 Å². The Labute approximate surface area is 145 Å². The number of carboxylic acid groups (broad SMARTS) is 1. The molecule has 0 fully saturated rings. The number of rotatable bonds is 7. The first-order chi connectivity index (χ1) is 11.7. The van der Waals surface area contributed by atoms with Crippen LogP contribution in [0.1, 0.15) is 11.1 Å². The second-order valence-corrected chi connectivity index (χ2v) is 7.00. The zero-order valence-corrected chi connectivity index (χ0v) is 15.0. The van der Waals surface area contributed by atoms with Crippen LogP contribution in [0, 0.1) is 13.8 Å². The molecule has 0 atom stereocenters. The van der Waals surface area contributed by atoms with Gasteiger partial charge in [-0.1, -0.05) is 6.07 Å². The van der Waals surface area contributed by atoms with Gasteiger partial charge in [-0.25, -0.2) is 13.2 Å². The van der Waals surface area contributed by atoms with Crippen molar-refractivity contribution >= 4 is 21.7 Å². The van der Waals surface area contributed by atoms with Gasteiger partial charge in [-0.3, -0.25) is 9.40 Å². The largest absolute Gasteiger partial charge is 0.481 e. The van der Waals surface area contributed by atoms with Gasteiger partial charge in [0.05, 0.1) is 18.2 Å². The highest BCUT2D eigenvalue weighted by Gasteiger charge is 2.23. The van der Waals surface area contributed by atoms with Crippen LogP contribution in [-0.2, 0) is 21.9 Å². The average molecular weight is 369 g/mol. The van der Waals surface area contributed by atoms with Gasteiger partial charge in [-0.2, -0.15) is 0 Å². The minimum Gasteiger partial charge on any atom is -0.481 e. The number of hydrogen-bond donors (Lipinski definition) is 2. The minimum absolute atomic E-state index is 0.0237. The van der Waals surface area contributed by atoms with E-state index >= 15 is 0 Å². The van der Waals surface area contributed by atoms with E-state index in [0.717, 1.165) is 0 Å². The molecule has 0 saturated heterocycles. The lowest BCUT2D eigenvalue weighted by Crippen LogP contribution is -2.16. The van der Waals surface area contributed by atoms with Crippen LogP contribution in [0.3, 0.4) is 0 Å². The highest BCUT2D eigenvalue weighted by molar-refractivity contribution is 7.92. The number of carbonyl (C=O) groups is 1. The third kappa shape index (κ3) is 4.02. The molecule has 9 nitrogen and oxygen atoms in total. The van der Waals surface area contributed by atoms with Crippen LogP contribution in [0.4, 0.5) is 5.69 Å². The van der Waals surface area contributed by atoms with Crippen molar-refractivity contribution in [2.45, 2.75) is 18.7 Å². The van der Waals surface area contributed by atoms with Crippen LogP contribution in [0.25, 0.3) is 0 Å². The number of anilines is 1. The highest BCUT2D eigenvalue weighted by atomic mass is 32.2. The van der Waals surface area contributed by atoms with Crippen LogP contribution in [0.2, 0.25) is 0 Å². The molecule has 0 aliphatic rings. The van der Waals surface area contributed by atoms with Crippen molar-refractivity contribution in [3.63, 3.8) is 0 Å². The quantitative estimate of drug-likeness (QED) is 0.755. The molecule has 0 unspecified atom stereocenters. The van der Waals surface area contributed by atoms with E-state index in [1.165, 1.54) is 24.1 Å². The van der Waals surface area contributed by atoms with Crippen molar-refractivity contribution < 1.29 is 27.8 Å². The van der Waals surface area contributed by atoms with Gasteiger partial charge in [0.25, 0.3) is 15.9 Å². The molecule has 2 aromatic rings. The molecule has 0 aliphatic carbocycles. The normalized spacial score (nSPS) is 11.2. The van der Waals surface area contributed by atoms with E-state index in [2.05, 4.69) is 9.82 Å². The van der Waals surface area contributed by atoms with Crippen LogP contribution in [0.5, 0.6) is 11.6 Å². The second-order valence-electron chi connectivity index (χ2n) is 5.35. The zero-order chi connectivity index (χ0) is 18.8. The Balaban J connectivity index is 2.42. The van der Waals surface area contributed by atoms with Crippen molar-refractivity contribution in [1.29, 1.82) is 0 Å². The van der Waals surface area contributed by atoms with Gasteiger partial charge in [0.2, 0.25) is 0 Å². The third-order valence-corrected chi connectivity index (χ3v) is 4.93. The number of nitrogens with zero attached hydrogens (tertiary/aromatic N) is 2. The fourth-order valence-electron chi connectivity index (χ4n) is 2.34. The van der Waals surface area contributed by atoms with E-state index in [0.29, 0.717) is 11.1 Å². The SMILES string of the molecule is COc1nn(C)cc1NS(=O)(=O)c1ccc(C)c(OCC(=O)O)c1C. The van der Waals surface area contributed by atoms with Crippen LogP contribution < -0.4 is 14.2 Å². The van der Waals surface area contributed by atoms with Crippen LogP contribution >= 0.6 is 0 Å². The summed E-state index contributed by atoms with van der Waals surface area (Å²) >= 11 is 0. The first-order valence-electron chi connectivity index (χ1n) is 7.21. The molecule has 25 heavy (non-hydrogen) atoms. The molecule has 0 saturated carbocycles. The number of ether oxygens (including phenoxy) is 2. The molecular formula is C15H19N3O6S. The van der Waals surface area contributed by atoms with Crippen molar-refractivity contribution in [2.24, 2.45) is 7.05 Å². The van der Waals surface area contributed by atoms with E-state index in [-0.39, 0.29) is 22.2 Å². The number of methoxy groups -OCH3 is 1. The zero-order valence-electron chi connectivity index (χ0n) is 14.2. The predicted molar refractivity (Wildman–Crippen MR) is 89.6 cm³/mol. The highest BCUT2D eigenvalue weighted by Crippen LogP contribution is 2.31. The lowest BCUT2D eigenvalue weighted by atomic mass is 10.1. The molecule has 2 rings (SSSR count). The summed E-state index contributed by atoms with van der Waals surface area (Å²) < 4.78 is 39.6. The average Bonchev–Trinajstić information content (AvgIpc) is 2.85. The fraction of sp³-hybridized carbons (Fsp3) is 0.333. The van der Waals surface area contributed by atoms with Gasteiger partial charge in [0, 0.05) is 12.6 Å². The summed E-state index contributed by atoms with van der Waals surface area (Å²) in [6.07, 6.45) is 1.47. The molecule has 2 N–H and O–H groups in total. The summed E-state index contributed by atoms with van der Waals surface area (Å²) in [6, 6.07) is 2.99. The number of hydrogen-bond acceptors (Lipinski definition) is 6. The first kappa shape index (κ1) is 18.6. The van der Waals surface area contributed by atoms with Gasteiger partial charge in [0.1, 0.15) is 11.4 Å². The summed E-state index contributed by atoms with van der Waals surface area (Å²) in [5.74, 6) is -0.785. The van der Waals surface area contributed by atoms with Gasteiger partial charge < -0.3 is 14.6 Å². The van der Waals surface area contributed by atoms with Crippen molar-refractivity contribution in [3.05, 3.63) is 29.5 Å². The maximum Gasteiger partial charge on any atom is 0.341 e. The predicted octanol–water partition coefficient (Wildman–Crippen LogP) is 1.31. The first-order valence-corrected chi connectivity index (χ1v) is 8.69. The van der Waals surface area contributed by atoms with Crippen molar-refractivity contribution in [1.82, 2.24) is 9.78 Å². The molecular weight excluding hydrogens is 350 g/mol. The monoisotopic (exact) mass is 369 g/mol. The van der Waals surface area contributed by atoms with E-state index in [4.69, 9.17) is 14.6 Å². The molecule has 0 aliphatic heterocycles. The van der Waals surface area contributed by atoms with Crippen molar-refractivity contribution in [2.75, 3.05) is 18.4 Å². The lowest BCUT2D eigenvalue weighted by Gasteiger charge is -2.15. The third-order valence-electron chi connectivity index (χ3n) is 3.42. The fourth-order valence-corrected chi connectivity index (χ4v) is 3.63. The van der Waals surface area contributed by atoms with Crippen molar-refractivity contribution in [3.8, 4) is 11.6 Å². The standard InChI is InChI=1S/C15H19N3O6S/c1-9-5-6-12(10(2)14(9)24-8-13(19)20)25(21,22)17-11-7-18(3)16-15(11)23-4/h5-7,17H,8H2,1-4H3,(H,19,20). The number of nitrogens with one attached hydrogen (secondary N) is 1. The Morgan fingerprint density at radius 1 is 1.36 bits per heavy atom. The summed E-state index contributed by atoms with van der Waals surface area (Å²) in [6.45, 7) is 2.70. The molecule has 0 bridgehead atoms. The number of sulfonamides is 1. The second kappa shape index (κ2) is 7.01. The Kier molecular flexibility index (Phi) is 5.21. The maximum atomic E-state index is 12.7. The number of aryl methyl sites for hydroxylation is 2. The topological polar surface area (TPSA) is 120 Å². The molecule has 10 heteroatoms. The number of carboxylic acids is 1. The van der Waals surface area contributed by atoms with E-state index in [1.54, 1.807) is 27.0 Å². The van der Waals surface area contributed by atoms with E-state index in [9.17, 15) is 13.2 Å². The van der Waals surface area contributed by atoms with E-state index in [1.807, 2.05) is 0 Å². The van der Waals surface area contributed by atoms with Crippen LogP contribution in [0.15, 0.2) is 23.2 Å². The summed E-state index contributed by atoms with van der Waals surface area (Å²) in [7, 11) is -0.934. The number of aromatic nitrogens is 2. The summed E-state index contributed by atoms with van der Waals surface area (Å²) in [4.78, 5) is 10.7. The Morgan fingerprint density at radius 3 is 2.64 bits per heavy atom. The molecule has 136 valence electrons.